The Morgan fingerprint density at radius 2 is 1.65 bits per heavy atom. The Bertz CT molecular complexity index is 1750. The Morgan fingerprint density at radius 1 is 0.925 bits per heavy atom. The predicted octanol–water partition coefficient (Wildman–Crippen LogP) is 7.66. The van der Waals surface area contributed by atoms with Crippen LogP contribution in [-0.4, -0.2) is 30.2 Å². The Balaban J connectivity index is 1.45. The molecule has 0 aliphatic heterocycles. The molecule has 0 saturated heterocycles. The molecule has 4 aromatic carbocycles. The average molecular weight is 661 g/mol. The molecule has 0 spiro atoms. The van der Waals surface area contributed by atoms with E-state index in [9.17, 15) is 9.59 Å². The molecule has 40 heavy (non-hydrogen) atoms. The lowest BCUT2D eigenvalue weighted by Gasteiger charge is -2.08. The molecule has 0 radical (unpaired) electrons. The van der Waals surface area contributed by atoms with Crippen molar-refractivity contribution in [3.63, 3.8) is 0 Å². The molecule has 5 rings (SSSR count). The summed E-state index contributed by atoms with van der Waals surface area (Å²) in [4.78, 5) is 29.4. The molecule has 0 fully saturated rings. The molecule has 1 aromatic heterocycles. The number of hydrogen-bond donors (Lipinski definition) is 2. The number of esters is 1. The lowest BCUT2D eigenvalue weighted by atomic mass is 10.0. The number of nitrogens with zero attached hydrogens (tertiary/aromatic N) is 1. The van der Waals surface area contributed by atoms with Gasteiger partial charge in [-0.2, -0.15) is 5.10 Å². The van der Waals surface area contributed by atoms with Gasteiger partial charge in [0, 0.05) is 25.5 Å². The molecule has 200 valence electrons. The highest BCUT2D eigenvalue weighted by Gasteiger charge is 2.23. The zero-order valence-corrected chi connectivity index (χ0v) is 24.7. The predicted molar refractivity (Wildman–Crippen MR) is 163 cm³/mol. The highest BCUT2D eigenvalue weighted by molar-refractivity contribution is 9.11. The first-order chi connectivity index (χ1) is 19.4. The highest BCUT2D eigenvalue weighted by Crippen LogP contribution is 2.40. The van der Waals surface area contributed by atoms with E-state index in [-0.39, 0.29) is 0 Å². The summed E-state index contributed by atoms with van der Waals surface area (Å²) in [5.41, 5.74) is 7.14. The summed E-state index contributed by atoms with van der Waals surface area (Å²) >= 11 is 7.06. The highest BCUT2D eigenvalue weighted by atomic mass is 79.9. The summed E-state index contributed by atoms with van der Waals surface area (Å²) in [6.45, 7) is 1.95. The number of carbonyl (C=O) groups excluding carboxylic acids is 2. The zero-order valence-electron chi connectivity index (χ0n) is 21.5. The number of aromatic amines is 1. The van der Waals surface area contributed by atoms with Crippen molar-refractivity contribution in [2.45, 2.75) is 6.92 Å². The first kappa shape index (κ1) is 27.4. The van der Waals surface area contributed by atoms with Gasteiger partial charge in [0.2, 0.25) is 0 Å². The number of H-pyrrole nitrogens is 1. The summed E-state index contributed by atoms with van der Waals surface area (Å²) in [6.07, 6.45) is 1.43. The molecule has 0 atom stereocenters. The summed E-state index contributed by atoms with van der Waals surface area (Å²) in [5.74, 6) is -0.0392. The Kier molecular flexibility index (Phi) is 8.14. The number of aryl methyl sites for hydroxylation is 1. The van der Waals surface area contributed by atoms with Crippen LogP contribution >= 0.6 is 31.9 Å². The van der Waals surface area contributed by atoms with Crippen molar-refractivity contribution >= 4 is 60.9 Å². The van der Waals surface area contributed by atoms with Crippen LogP contribution in [0.4, 0.5) is 0 Å². The van der Waals surface area contributed by atoms with E-state index < -0.39 is 11.9 Å². The molecule has 1 heterocycles. The molecule has 5 aromatic rings. The number of benzene rings is 4. The van der Waals surface area contributed by atoms with E-state index in [1.165, 1.54) is 6.21 Å². The van der Waals surface area contributed by atoms with Crippen LogP contribution in [0.5, 0.6) is 11.5 Å². The summed E-state index contributed by atoms with van der Waals surface area (Å²) < 4.78 is 12.7. The van der Waals surface area contributed by atoms with Crippen molar-refractivity contribution in [3.8, 4) is 22.6 Å². The number of carbonyl (C=O) groups is 2. The van der Waals surface area contributed by atoms with Gasteiger partial charge in [0.1, 0.15) is 17.2 Å². The van der Waals surface area contributed by atoms with Gasteiger partial charge in [-0.3, -0.25) is 4.79 Å². The normalized spacial score (nSPS) is 11.1. The van der Waals surface area contributed by atoms with E-state index in [0.29, 0.717) is 39.4 Å². The first-order valence-corrected chi connectivity index (χ1v) is 13.8. The van der Waals surface area contributed by atoms with E-state index in [0.717, 1.165) is 25.5 Å². The number of aromatic nitrogens is 1. The summed E-state index contributed by atoms with van der Waals surface area (Å²) in [7, 11) is 1.58. The Labute approximate surface area is 247 Å². The molecule has 1 amide bonds. The van der Waals surface area contributed by atoms with Gasteiger partial charge in [0.25, 0.3) is 5.91 Å². The van der Waals surface area contributed by atoms with Gasteiger partial charge in [0.15, 0.2) is 0 Å². The number of ether oxygens (including phenoxy) is 2. The third-order valence-corrected chi connectivity index (χ3v) is 7.36. The van der Waals surface area contributed by atoms with Crippen LogP contribution in [-0.2, 0) is 0 Å². The van der Waals surface area contributed by atoms with Crippen LogP contribution in [0.3, 0.4) is 0 Å². The van der Waals surface area contributed by atoms with Crippen LogP contribution in [0.25, 0.3) is 22.0 Å². The lowest BCUT2D eigenvalue weighted by Crippen LogP contribution is -2.19. The van der Waals surface area contributed by atoms with Gasteiger partial charge in [-0.15, -0.1) is 0 Å². The number of rotatable bonds is 7. The van der Waals surface area contributed by atoms with Crippen LogP contribution in [0.1, 0.15) is 32.0 Å². The molecule has 0 bridgehead atoms. The number of hydrazone groups is 1. The second-order valence-corrected chi connectivity index (χ2v) is 10.6. The van der Waals surface area contributed by atoms with E-state index in [1.54, 1.807) is 37.4 Å². The molecule has 7 nitrogen and oxygen atoms in total. The average Bonchev–Trinajstić information content (AvgIpc) is 3.37. The Hall–Kier alpha value is -4.21. The van der Waals surface area contributed by atoms with E-state index in [4.69, 9.17) is 9.47 Å². The molecule has 0 saturated carbocycles. The molecule has 9 heteroatoms. The minimum absolute atomic E-state index is 0.302. The third kappa shape index (κ3) is 5.71. The molecule has 0 unspecified atom stereocenters. The lowest BCUT2D eigenvalue weighted by molar-refractivity contribution is 0.0734. The van der Waals surface area contributed by atoms with E-state index in [1.807, 2.05) is 61.5 Å². The second kappa shape index (κ2) is 11.9. The maximum absolute atomic E-state index is 13.4. The van der Waals surface area contributed by atoms with Crippen molar-refractivity contribution < 1.29 is 19.1 Å². The van der Waals surface area contributed by atoms with Crippen LogP contribution < -0.4 is 14.9 Å². The maximum Gasteiger partial charge on any atom is 0.343 e. The Morgan fingerprint density at radius 3 is 2.38 bits per heavy atom. The van der Waals surface area contributed by atoms with Gasteiger partial charge >= 0.3 is 5.97 Å². The maximum atomic E-state index is 13.4. The molecule has 0 aliphatic carbocycles. The SMILES string of the molecule is COc1ccc(Br)c2c(-c3ccccc3)c(C(=O)NN=Cc3cc(Br)ccc3OC(=O)c3ccc(C)cc3)[nH]c12. The molecular weight excluding hydrogens is 638 g/mol. The number of halogens is 2. The zero-order chi connectivity index (χ0) is 28.2. The van der Waals surface area contributed by atoms with Crippen LogP contribution in [0.2, 0.25) is 0 Å². The third-order valence-electron chi connectivity index (χ3n) is 6.21. The second-order valence-electron chi connectivity index (χ2n) is 8.88. The number of nitrogens with one attached hydrogen (secondary N) is 2. The molecular formula is C31H23Br2N3O4. The smallest absolute Gasteiger partial charge is 0.343 e. The van der Waals surface area contributed by atoms with Crippen LogP contribution in [0.15, 0.2) is 99.0 Å². The number of hydrogen-bond acceptors (Lipinski definition) is 5. The van der Waals surface area contributed by atoms with E-state index >= 15 is 0 Å². The minimum atomic E-state index is -0.494. The fraction of sp³-hybridized carbons (Fsp3) is 0.0645. The summed E-state index contributed by atoms with van der Waals surface area (Å²) in [5, 5.41) is 5.00. The van der Waals surface area contributed by atoms with E-state index in [2.05, 4.69) is 47.4 Å². The number of amides is 1. The first-order valence-electron chi connectivity index (χ1n) is 12.2. The van der Waals surface area contributed by atoms with Crippen molar-refractivity contribution in [3.05, 3.63) is 116 Å². The fourth-order valence-electron chi connectivity index (χ4n) is 4.25. The fourth-order valence-corrected chi connectivity index (χ4v) is 5.16. The quantitative estimate of drug-likeness (QED) is 0.0811. The van der Waals surface area contributed by atoms with Gasteiger partial charge in [-0.25, -0.2) is 10.2 Å². The number of methoxy groups -OCH3 is 1. The van der Waals surface area contributed by atoms with Crippen molar-refractivity contribution in [2.24, 2.45) is 5.10 Å². The topological polar surface area (TPSA) is 92.8 Å². The monoisotopic (exact) mass is 659 g/mol. The van der Waals surface area contributed by atoms with Crippen molar-refractivity contribution in [1.82, 2.24) is 10.4 Å². The van der Waals surface area contributed by atoms with Crippen molar-refractivity contribution in [2.75, 3.05) is 7.11 Å². The van der Waals surface area contributed by atoms with Crippen LogP contribution in [0, 0.1) is 6.92 Å². The number of fused-ring (bicyclic) bond motifs is 1. The van der Waals surface area contributed by atoms with Gasteiger partial charge in [-0.05, 0) is 55.0 Å². The van der Waals surface area contributed by atoms with Gasteiger partial charge < -0.3 is 14.5 Å². The summed E-state index contributed by atoms with van der Waals surface area (Å²) in [6, 6.07) is 25.6. The molecule has 0 aliphatic rings. The van der Waals surface area contributed by atoms with Gasteiger partial charge in [0.05, 0.1) is 24.4 Å². The molecule has 2 N–H and O–H groups in total. The standard InChI is InChI=1S/C31H23Br2N3O4/c1-18-8-10-20(11-9-18)31(38)40-24-14-12-22(32)16-21(24)17-34-36-30(37)29-26(19-6-4-3-5-7-19)27-23(33)13-15-25(39-2)28(27)35-29/h3-17,35H,1-2H3,(H,36,37). The largest absolute Gasteiger partial charge is 0.495 e. The van der Waals surface area contributed by atoms with Crippen molar-refractivity contribution in [1.29, 1.82) is 0 Å². The minimum Gasteiger partial charge on any atom is -0.495 e. The van der Waals surface area contributed by atoms with Gasteiger partial charge in [-0.1, -0.05) is 79.9 Å².